The highest BCUT2D eigenvalue weighted by Crippen LogP contribution is 2.30. The molecule has 3 aromatic rings. The van der Waals surface area contributed by atoms with E-state index in [2.05, 4.69) is 58.5 Å². The summed E-state index contributed by atoms with van der Waals surface area (Å²) in [5.41, 5.74) is 2.54. The number of methoxy groups -OCH3 is 1. The number of hydrogen-bond donors (Lipinski definition) is 1. The van der Waals surface area contributed by atoms with Crippen molar-refractivity contribution < 1.29 is 14.3 Å². The highest BCUT2D eigenvalue weighted by molar-refractivity contribution is 7.99. The molecule has 0 bridgehead atoms. The third-order valence-corrected chi connectivity index (χ3v) is 7.57. The molecular weight excluding hydrogens is 470 g/mol. The number of benzene rings is 1. The Morgan fingerprint density at radius 3 is 2.41 bits per heavy atom. The van der Waals surface area contributed by atoms with Gasteiger partial charge in [0.1, 0.15) is 5.00 Å². The minimum Gasteiger partial charge on any atom is -0.465 e. The van der Waals surface area contributed by atoms with Crippen molar-refractivity contribution in [2.45, 2.75) is 45.8 Å². The Labute approximate surface area is 208 Å². The number of aromatic nitrogens is 3. The highest BCUT2D eigenvalue weighted by atomic mass is 32.2. The second-order valence-corrected chi connectivity index (χ2v) is 9.49. The van der Waals surface area contributed by atoms with Crippen molar-refractivity contribution in [3.63, 3.8) is 0 Å². The molecule has 3 rings (SSSR count). The van der Waals surface area contributed by atoms with Crippen LogP contribution in [-0.4, -0.2) is 52.6 Å². The molecule has 1 aromatic carbocycles. The van der Waals surface area contributed by atoms with Gasteiger partial charge in [0, 0.05) is 35.8 Å². The molecule has 182 valence electrons. The Morgan fingerprint density at radius 2 is 1.82 bits per heavy atom. The van der Waals surface area contributed by atoms with Crippen LogP contribution in [0.25, 0.3) is 11.4 Å². The van der Waals surface area contributed by atoms with Crippen LogP contribution in [-0.2, 0) is 22.5 Å². The van der Waals surface area contributed by atoms with Crippen molar-refractivity contribution in [2.75, 3.05) is 36.2 Å². The Bertz CT molecular complexity index is 1120. The van der Waals surface area contributed by atoms with Gasteiger partial charge in [-0.25, -0.2) is 4.79 Å². The summed E-state index contributed by atoms with van der Waals surface area (Å²) in [5.74, 6) is 0.256. The molecule has 2 aromatic heterocycles. The minimum atomic E-state index is -0.457. The predicted molar refractivity (Wildman–Crippen MR) is 139 cm³/mol. The van der Waals surface area contributed by atoms with Crippen molar-refractivity contribution in [3.05, 3.63) is 40.8 Å². The number of carbonyl (C=O) groups excluding carboxylic acids is 2. The fraction of sp³-hybridized carbons (Fsp3) is 0.417. The van der Waals surface area contributed by atoms with E-state index in [9.17, 15) is 9.59 Å². The summed E-state index contributed by atoms with van der Waals surface area (Å²) in [6, 6.07) is 10.1. The molecule has 0 saturated carbocycles. The monoisotopic (exact) mass is 501 g/mol. The number of ether oxygens (including phenoxy) is 1. The lowest BCUT2D eigenvalue weighted by Gasteiger charge is -2.21. The predicted octanol–water partition coefficient (Wildman–Crippen LogP) is 4.95. The smallest absolute Gasteiger partial charge is 0.340 e. The number of esters is 1. The Hall–Kier alpha value is -2.85. The van der Waals surface area contributed by atoms with E-state index < -0.39 is 5.97 Å². The standard InChI is InChI=1S/C24H31N5O3S2/c1-6-18-14-19(23(31)32-5)22(34-18)25-20(30)15-33-24-27-26-21(29(24)9-4)16-10-12-17(13-11-16)28(7-2)8-3/h10-14H,6-9,15H2,1-5H3,(H,25,30). The largest absolute Gasteiger partial charge is 0.465 e. The van der Waals surface area contributed by atoms with Crippen molar-refractivity contribution in [3.8, 4) is 11.4 Å². The summed E-state index contributed by atoms with van der Waals surface area (Å²) in [6.45, 7) is 10.9. The molecule has 34 heavy (non-hydrogen) atoms. The number of amides is 1. The third kappa shape index (κ3) is 5.79. The van der Waals surface area contributed by atoms with Crippen LogP contribution in [0.4, 0.5) is 10.7 Å². The maximum absolute atomic E-state index is 12.6. The fourth-order valence-corrected chi connectivity index (χ4v) is 5.37. The van der Waals surface area contributed by atoms with E-state index in [0.29, 0.717) is 22.3 Å². The Kier molecular flexibility index (Phi) is 9.12. The SMILES string of the molecule is CCc1cc(C(=O)OC)c(NC(=O)CSc2nnc(-c3ccc(N(CC)CC)cc3)n2CC)s1. The van der Waals surface area contributed by atoms with Crippen LogP contribution in [0, 0.1) is 0 Å². The quantitative estimate of drug-likeness (QED) is 0.294. The zero-order valence-corrected chi connectivity index (χ0v) is 21.9. The second-order valence-electron chi connectivity index (χ2n) is 7.41. The molecule has 0 aliphatic carbocycles. The van der Waals surface area contributed by atoms with E-state index in [1.54, 1.807) is 6.07 Å². The molecule has 0 saturated heterocycles. The maximum atomic E-state index is 12.6. The molecule has 1 amide bonds. The Balaban J connectivity index is 1.70. The van der Waals surface area contributed by atoms with Crippen molar-refractivity contribution in [1.82, 2.24) is 14.8 Å². The van der Waals surface area contributed by atoms with Gasteiger partial charge in [-0.2, -0.15) is 0 Å². The maximum Gasteiger partial charge on any atom is 0.340 e. The first-order chi connectivity index (χ1) is 16.4. The molecular formula is C24H31N5O3S2. The van der Waals surface area contributed by atoms with E-state index in [1.165, 1.54) is 35.9 Å². The number of carbonyl (C=O) groups is 2. The molecule has 0 atom stereocenters. The number of nitrogens with one attached hydrogen (secondary N) is 1. The number of rotatable bonds is 11. The van der Waals surface area contributed by atoms with E-state index in [4.69, 9.17) is 4.74 Å². The lowest BCUT2D eigenvalue weighted by molar-refractivity contribution is -0.113. The van der Waals surface area contributed by atoms with E-state index in [1.807, 2.05) is 18.4 Å². The zero-order chi connectivity index (χ0) is 24.7. The van der Waals surface area contributed by atoms with Gasteiger partial charge in [0.25, 0.3) is 0 Å². The summed E-state index contributed by atoms with van der Waals surface area (Å²) in [4.78, 5) is 28.0. The van der Waals surface area contributed by atoms with Crippen LogP contribution in [0.15, 0.2) is 35.5 Å². The third-order valence-electron chi connectivity index (χ3n) is 5.41. The van der Waals surface area contributed by atoms with Gasteiger partial charge in [-0.3, -0.25) is 4.79 Å². The number of anilines is 2. The minimum absolute atomic E-state index is 0.152. The van der Waals surface area contributed by atoms with Crippen LogP contribution in [0.3, 0.4) is 0 Å². The lowest BCUT2D eigenvalue weighted by atomic mass is 10.2. The van der Waals surface area contributed by atoms with Gasteiger partial charge in [0.2, 0.25) is 5.91 Å². The summed E-state index contributed by atoms with van der Waals surface area (Å²) < 4.78 is 6.85. The number of nitrogens with zero attached hydrogens (tertiary/aromatic N) is 4. The topological polar surface area (TPSA) is 89.3 Å². The first-order valence-electron chi connectivity index (χ1n) is 11.4. The van der Waals surface area contributed by atoms with Crippen LogP contribution in [0.5, 0.6) is 0 Å². The zero-order valence-electron chi connectivity index (χ0n) is 20.3. The second kappa shape index (κ2) is 12.0. The van der Waals surface area contributed by atoms with Crippen LogP contribution >= 0.6 is 23.1 Å². The van der Waals surface area contributed by atoms with Crippen LogP contribution in [0.1, 0.15) is 42.9 Å². The summed E-state index contributed by atoms with van der Waals surface area (Å²) in [7, 11) is 1.33. The molecule has 0 spiro atoms. The average Bonchev–Trinajstić information content (AvgIpc) is 3.47. The van der Waals surface area contributed by atoms with Gasteiger partial charge in [-0.1, -0.05) is 18.7 Å². The molecule has 0 aliphatic rings. The molecule has 0 unspecified atom stereocenters. The van der Waals surface area contributed by atoms with Crippen molar-refractivity contribution >= 4 is 45.7 Å². The molecule has 8 nitrogen and oxygen atoms in total. The molecule has 1 N–H and O–H groups in total. The molecule has 0 radical (unpaired) electrons. The number of thiophene rings is 1. The van der Waals surface area contributed by atoms with Gasteiger partial charge in [0.05, 0.1) is 18.4 Å². The fourth-order valence-electron chi connectivity index (χ4n) is 3.57. The van der Waals surface area contributed by atoms with E-state index in [0.717, 1.165) is 35.8 Å². The highest BCUT2D eigenvalue weighted by Gasteiger charge is 2.19. The van der Waals surface area contributed by atoms with Gasteiger partial charge in [-0.05, 0) is 57.5 Å². The van der Waals surface area contributed by atoms with Gasteiger partial charge in [-0.15, -0.1) is 21.5 Å². The van der Waals surface area contributed by atoms with Gasteiger partial charge in [0.15, 0.2) is 11.0 Å². The molecule has 0 aliphatic heterocycles. The summed E-state index contributed by atoms with van der Waals surface area (Å²) >= 11 is 2.71. The number of thioether (sulfide) groups is 1. The number of hydrogen-bond acceptors (Lipinski definition) is 8. The van der Waals surface area contributed by atoms with Gasteiger partial charge < -0.3 is 19.5 Å². The molecule has 2 heterocycles. The first kappa shape index (κ1) is 25.8. The van der Waals surface area contributed by atoms with E-state index >= 15 is 0 Å². The average molecular weight is 502 g/mol. The van der Waals surface area contributed by atoms with Crippen LogP contribution in [0.2, 0.25) is 0 Å². The number of aryl methyl sites for hydroxylation is 1. The van der Waals surface area contributed by atoms with Crippen molar-refractivity contribution in [1.29, 1.82) is 0 Å². The summed E-state index contributed by atoms with van der Waals surface area (Å²) in [6.07, 6.45) is 0.775. The lowest BCUT2D eigenvalue weighted by Crippen LogP contribution is -2.21. The van der Waals surface area contributed by atoms with E-state index in [-0.39, 0.29) is 11.7 Å². The van der Waals surface area contributed by atoms with Crippen molar-refractivity contribution in [2.24, 2.45) is 0 Å². The summed E-state index contributed by atoms with van der Waals surface area (Å²) in [5, 5.41) is 12.7. The Morgan fingerprint density at radius 1 is 1.12 bits per heavy atom. The molecule has 10 heteroatoms. The normalized spacial score (nSPS) is 10.9. The molecule has 0 fully saturated rings. The first-order valence-corrected chi connectivity index (χ1v) is 13.2. The van der Waals surface area contributed by atoms with Crippen LogP contribution < -0.4 is 10.2 Å². The van der Waals surface area contributed by atoms with Gasteiger partial charge >= 0.3 is 5.97 Å².